The molecule has 1 amide bonds. The molecule has 0 saturated carbocycles. The van der Waals surface area contributed by atoms with Crippen LogP contribution >= 0.6 is 11.6 Å². The first-order valence-corrected chi connectivity index (χ1v) is 10.2. The zero-order chi connectivity index (χ0) is 20.3. The van der Waals surface area contributed by atoms with Crippen LogP contribution in [0.3, 0.4) is 0 Å². The van der Waals surface area contributed by atoms with Crippen molar-refractivity contribution in [3.05, 3.63) is 70.9 Å². The van der Waals surface area contributed by atoms with Crippen molar-refractivity contribution < 1.29 is 13.2 Å². The average Bonchev–Trinajstić information content (AvgIpc) is 3.16. The summed E-state index contributed by atoms with van der Waals surface area (Å²) in [6.07, 6.45) is 1.43. The van der Waals surface area contributed by atoms with Crippen LogP contribution in [-0.2, 0) is 16.6 Å². The van der Waals surface area contributed by atoms with Crippen molar-refractivity contribution in [1.82, 2.24) is 19.8 Å². The van der Waals surface area contributed by atoms with Crippen molar-refractivity contribution in [2.75, 3.05) is 14.1 Å². The van der Waals surface area contributed by atoms with Crippen LogP contribution in [0.4, 0.5) is 0 Å². The van der Waals surface area contributed by atoms with E-state index in [9.17, 15) is 13.2 Å². The van der Waals surface area contributed by atoms with Crippen molar-refractivity contribution in [3.8, 4) is 11.3 Å². The number of nitrogens with one attached hydrogen (secondary N) is 2. The third-order valence-corrected chi connectivity index (χ3v) is 6.35. The number of nitrogens with zero attached hydrogens (tertiary/aromatic N) is 2. The summed E-state index contributed by atoms with van der Waals surface area (Å²) in [5, 5.41) is 10.1. The highest BCUT2D eigenvalue weighted by molar-refractivity contribution is 7.89. The van der Waals surface area contributed by atoms with E-state index < -0.39 is 10.0 Å². The number of halogens is 1. The third-order valence-electron chi connectivity index (χ3n) is 4.19. The lowest BCUT2D eigenvalue weighted by atomic mass is 10.1. The zero-order valence-corrected chi connectivity index (χ0v) is 16.9. The summed E-state index contributed by atoms with van der Waals surface area (Å²) in [6.45, 7) is 0.0628. The van der Waals surface area contributed by atoms with Gasteiger partial charge in [0.2, 0.25) is 10.0 Å². The number of rotatable bonds is 6. The molecule has 0 aliphatic carbocycles. The molecule has 0 aliphatic rings. The molecule has 0 spiro atoms. The Bertz CT molecular complexity index is 1090. The molecule has 0 saturated heterocycles. The molecule has 146 valence electrons. The SMILES string of the molecule is CN(C)S(=O)(=O)c1ccccc1CNC(=O)c1cn[nH]c1-c1ccc(Cl)cc1. The number of aromatic amines is 1. The van der Waals surface area contributed by atoms with E-state index in [0.717, 1.165) is 9.87 Å². The maximum absolute atomic E-state index is 12.7. The predicted octanol–water partition coefficient (Wildman–Crippen LogP) is 2.91. The van der Waals surface area contributed by atoms with Crippen LogP contribution in [0.5, 0.6) is 0 Å². The van der Waals surface area contributed by atoms with Crippen molar-refractivity contribution >= 4 is 27.5 Å². The standard InChI is InChI=1S/C19H19ClN4O3S/c1-24(2)28(26,27)17-6-4-3-5-14(17)11-21-19(25)16-12-22-23-18(16)13-7-9-15(20)10-8-13/h3-10,12H,11H2,1-2H3,(H,21,25)(H,22,23). The average molecular weight is 419 g/mol. The van der Waals surface area contributed by atoms with Gasteiger partial charge in [-0.25, -0.2) is 12.7 Å². The van der Waals surface area contributed by atoms with E-state index in [2.05, 4.69) is 15.5 Å². The molecule has 0 radical (unpaired) electrons. The Morgan fingerprint density at radius 2 is 1.82 bits per heavy atom. The Morgan fingerprint density at radius 1 is 1.14 bits per heavy atom. The highest BCUT2D eigenvalue weighted by Gasteiger charge is 2.21. The molecule has 1 aromatic heterocycles. The van der Waals surface area contributed by atoms with E-state index in [1.54, 1.807) is 42.5 Å². The first-order valence-electron chi connectivity index (χ1n) is 8.38. The largest absolute Gasteiger partial charge is 0.348 e. The van der Waals surface area contributed by atoms with E-state index in [0.29, 0.717) is 21.8 Å². The second-order valence-electron chi connectivity index (χ2n) is 6.24. The van der Waals surface area contributed by atoms with Crippen molar-refractivity contribution in [1.29, 1.82) is 0 Å². The van der Waals surface area contributed by atoms with Gasteiger partial charge in [0.15, 0.2) is 0 Å². The second kappa shape index (κ2) is 8.14. The molecule has 0 aliphatic heterocycles. The first kappa shape index (κ1) is 20.1. The van der Waals surface area contributed by atoms with Crippen molar-refractivity contribution in [2.45, 2.75) is 11.4 Å². The third kappa shape index (κ3) is 4.09. The Labute approximate surface area is 168 Å². The van der Waals surface area contributed by atoms with Crippen LogP contribution in [-0.4, -0.2) is 42.9 Å². The maximum atomic E-state index is 12.7. The Balaban J connectivity index is 1.82. The van der Waals surface area contributed by atoms with Gasteiger partial charge in [-0.05, 0) is 23.8 Å². The summed E-state index contributed by atoms with van der Waals surface area (Å²) in [5.74, 6) is -0.365. The van der Waals surface area contributed by atoms with Crippen LogP contribution in [0.1, 0.15) is 15.9 Å². The molecule has 2 N–H and O–H groups in total. The van der Waals surface area contributed by atoms with Gasteiger partial charge in [0.25, 0.3) is 5.91 Å². The van der Waals surface area contributed by atoms with Gasteiger partial charge in [-0.15, -0.1) is 0 Å². The Morgan fingerprint density at radius 3 is 2.50 bits per heavy atom. The van der Waals surface area contributed by atoms with Gasteiger partial charge in [-0.3, -0.25) is 9.89 Å². The van der Waals surface area contributed by atoms with E-state index >= 15 is 0 Å². The Kier molecular flexibility index (Phi) is 5.83. The summed E-state index contributed by atoms with van der Waals surface area (Å²) in [7, 11) is -0.680. The molecule has 9 heteroatoms. The smallest absolute Gasteiger partial charge is 0.255 e. The molecule has 1 heterocycles. The van der Waals surface area contributed by atoms with E-state index in [-0.39, 0.29) is 17.3 Å². The summed E-state index contributed by atoms with van der Waals surface area (Å²) in [5.41, 5.74) is 2.18. The highest BCUT2D eigenvalue weighted by Crippen LogP contribution is 2.23. The van der Waals surface area contributed by atoms with Gasteiger partial charge in [-0.1, -0.05) is 41.9 Å². The van der Waals surface area contributed by atoms with E-state index in [1.165, 1.54) is 26.4 Å². The number of amides is 1. The van der Waals surface area contributed by atoms with Crippen LogP contribution < -0.4 is 5.32 Å². The van der Waals surface area contributed by atoms with E-state index in [1.807, 2.05) is 0 Å². The molecule has 0 unspecified atom stereocenters. The summed E-state index contributed by atoms with van der Waals surface area (Å²) in [6, 6.07) is 13.6. The number of hydrogen-bond acceptors (Lipinski definition) is 4. The molecule has 3 rings (SSSR count). The molecule has 0 atom stereocenters. The molecule has 0 bridgehead atoms. The lowest BCUT2D eigenvalue weighted by molar-refractivity contribution is 0.0951. The number of aromatic nitrogens is 2. The van der Waals surface area contributed by atoms with E-state index in [4.69, 9.17) is 11.6 Å². The first-order chi connectivity index (χ1) is 13.3. The van der Waals surface area contributed by atoms with Crippen molar-refractivity contribution in [2.24, 2.45) is 0 Å². The fourth-order valence-electron chi connectivity index (χ4n) is 2.66. The number of carbonyl (C=O) groups excluding carboxylic acids is 1. The van der Waals surface area contributed by atoms with Gasteiger partial charge in [0.1, 0.15) is 0 Å². The molecular weight excluding hydrogens is 400 g/mol. The molecule has 3 aromatic rings. The zero-order valence-electron chi connectivity index (χ0n) is 15.3. The van der Waals surface area contributed by atoms with Gasteiger partial charge in [0, 0.05) is 31.2 Å². The fraction of sp³-hybridized carbons (Fsp3) is 0.158. The number of sulfonamides is 1. The topological polar surface area (TPSA) is 95.2 Å². The quantitative estimate of drug-likeness (QED) is 0.643. The van der Waals surface area contributed by atoms with Gasteiger partial charge < -0.3 is 5.32 Å². The number of H-pyrrole nitrogens is 1. The molecule has 7 nitrogen and oxygen atoms in total. The van der Waals surface area contributed by atoms with Crippen molar-refractivity contribution in [3.63, 3.8) is 0 Å². The lowest BCUT2D eigenvalue weighted by Crippen LogP contribution is -2.27. The summed E-state index contributed by atoms with van der Waals surface area (Å²) in [4.78, 5) is 12.8. The van der Waals surface area contributed by atoms with Gasteiger partial charge in [0.05, 0.1) is 22.3 Å². The molecular formula is C19H19ClN4O3S. The van der Waals surface area contributed by atoms with Gasteiger partial charge >= 0.3 is 0 Å². The molecule has 28 heavy (non-hydrogen) atoms. The second-order valence-corrected chi connectivity index (χ2v) is 8.80. The van der Waals surface area contributed by atoms with Crippen LogP contribution in [0.15, 0.2) is 59.6 Å². The summed E-state index contributed by atoms with van der Waals surface area (Å²) >= 11 is 5.91. The van der Waals surface area contributed by atoms with Crippen LogP contribution in [0, 0.1) is 0 Å². The normalized spacial score (nSPS) is 11.6. The highest BCUT2D eigenvalue weighted by atomic mass is 35.5. The molecule has 0 fully saturated rings. The number of hydrogen-bond donors (Lipinski definition) is 2. The minimum absolute atomic E-state index is 0.0628. The predicted molar refractivity (Wildman–Crippen MR) is 108 cm³/mol. The maximum Gasteiger partial charge on any atom is 0.255 e. The Hall–Kier alpha value is -2.68. The van der Waals surface area contributed by atoms with Crippen LogP contribution in [0.25, 0.3) is 11.3 Å². The monoisotopic (exact) mass is 418 g/mol. The fourth-order valence-corrected chi connectivity index (χ4v) is 3.91. The number of carbonyl (C=O) groups is 1. The summed E-state index contributed by atoms with van der Waals surface area (Å²) < 4.78 is 26.1. The van der Waals surface area contributed by atoms with Crippen LogP contribution in [0.2, 0.25) is 5.02 Å². The minimum Gasteiger partial charge on any atom is -0.348 e. The minimum atomic E-state index is -3.61. The molecule has 2 aromatic carbocycles. The number of benzene rings is 2. The lowest BCUT2D eigenvalue weighted by Gasteiger charge is -2.15. The van der Waals surface area contributed by atoms with Gasteiger partial charge in [-0.2, -0.15) is 5.10 Å².